The molecule has 1 amide bonds. The van der Waals surface area contributed by atoms with Crippen LogP contribution in [0.2, 0.25) is 0 Å². The molecule has 4 N–H and O–H groups in total. The molecule has 0 aliphatic heterocycles. The summed E-state index contributed by atoms with van der Waals surface area (Å²) in [7, 11) is 0. The van der Waals surface area contributed by atoms with Crippen LogP contribution in [0.4, 0.5) is 5.69 Å². The molecular weight excluding hydrogens is 248 g/mol. The Morgan fingerprint density at radius 2 is 2.16 bits per heavy atom. The number of carbonyl (C=O) groups excluding carboxylic acids is 1. The highest BCUT2D eigenvalue weighted by atomic mass is 16.5. The third-order valence-corrected chi connectivity index (χ3v) is 2.83. The highest BCUT2D eigenvalue weighted by molar-refractivity contribution is 5.92. The molecule has 1 saturated carbocycles. The van der Waals surface area contributed by atoms with Gasteiger partial charge in [0.05, 0.1) is 0 Å². The van der Waals surface area contributed by atoms with Gasteiger partial charge in [-0.05, 0) is 31.9 Å². The van der Waals surface area contributed by atoms with Gasteiger partial charge in [-0.25, -0.2) is 4.79 Å². The van der Waals surface area contributed by atoms with Gasteiger partial charge in [0.25, 0.3) is 5.91 Å². The minimum atomic E-state index is -1.12. The smallest absolute Gasteiger partial charge is 0.339 e. The van der Waals surface area contributed by atoms with Crippen molar-refractivity contribution in [3.8, 4) is 5.75 Å². The normalized spacial score (nSPS) is 15.6. The number of carbonyl (C=O) groups is 2. The number of anilines is 1. The number of ether oxygens (including phenoxy) is 1. The summed E-state index contributed by atoms with van der Waals surface area (Å²) in [6, 6.07) is 4.48. The SMILES string of the molecule is CC(Oc1cc(N)ccc1C(=O)O)C(=O)NC1CC1. The molecule has 0 aromatic heterocycles. The second-order valence-electron chi connectivity index (χ2n) is 4.60. The second-order valence-corrected chi connectivity index (χ2v) is 4.60. The molecule has 102 valence electrons. The number of carboxylic acid groups (broad SMARTS) is 1. The molecule has 0 saturated heterocycles. The molecular formula is C13H16N2O4. The predicted molar refractivity (Wildman–Crippen MR) is 69.1 cm³/mol. The molecule has 1 fully saturated rings. The average Bonchev–Trinajstić information content (AvgIpc) is 3.12. The molecule has 1 aliphatic rings. The maximum absolute atomic E-state index is 11.7. The van der Waals surface area contributed by atoms with Gasteiger partial charge in [-0.2, -0.15) is 0 Å². The molecule has 0 spiro atoms. The van der Waals surface area contributed by atoms with Crippen molar-refractivity contribution in [2.45, 2.75) is 31.9 Å². The Morgan fingerprint density at radius 3 is 2.74 bits per heavy atom. The number of amides is 1. The van der Waals surface area contributed by atoms with E-state index < -0.39 is 12.1 Å². The van der Waals surface area contributed by atoms with Gasteiger partial charge in [0.2, 0.25) is 0 Å². The fourth-order valence-electron chi connectivity index (χ4n) is 1.60. The number of benzene rings is 1. The van der Waals surface area contributed by atoms with Crippen LogP contribution in [0.15, 0.2) is 18.2 Å². The quantitative estimate of drug-likeness (QED) is 0.689. The van der Waals surface area contributed by atoms with Crippen LogP contribution in [0.3, 0.4) is 0 Å². The number of aromatic carboxylic acids is 1. The van der Waals surface area contributed by atoms with Crippen LogP contribution in [-0.4, -0.2) is 29.1 Å². The number of nitrogens with two attached hydrogens (primary N) is 1. The molecule has 1 unspecified atom stereocenters. The lowest BCUT2D eigenvalue weighted by Gasteiger charge is -2.16. The summed E-state index contributed by atoms with van der Waals surface area (Å²) < 4.78 is 5.41. The summed E-state index contributed by atoms with van der Waals surface area (Å²) in [4.78, 5) is 22.8. The Bertz CT molecular complexity index is 511. The first-order chi connectivity index (χ1) is 8.97. The van der Waals surface area contributed by atoms with Crippen molar-refractivity contribution >= 4 is 17.6 Å². The monoisotopic (exact) mass is 264 g/mol. The predicted octanol–water partition coefficient (Wildman–Crippen LogP) is 1.01. The Labute approximate surface area is 110 Å². The Hall–Kier alpha value is -2.24. The topological polar surface area (TPSA) is 102 Å². The van der Waals surface area contributed by atoms with Gasteiger partial charge >= 0.3 is 5.97 Å². The molecule has 6 heteroatoms. The summed E-state index contributed by atoms with van der Waals surface area (Å²) in [5.74, 6) is -1.27. The maximum atomic E-state index is 11.7. The van der Waals surface area contributed by atoms with Gasteiger partial charge < -0.3 is 20.9 Å². The van der Waals surface area contributed by atoms with Crippen LogP contribution >= 0.6 is 0 Å². The highest BCUT2D eigenvalue weighted by Crippen LogP contribution is 2.24. The van der Waals surface area contributed by atoms with E-state index >= 15 is 0 Å². The zero-order valence-electron chi connectivity index (χ0n) is 10.6. The summed E-state index contributed by atoms with van der Waals surface area (Å²) in [6.07, 6.45) is 1.20. The molecule has 0 bridgehead atoms. The van der Waals surface area contributed by atoms with E-state index in [2.05, 4.69) is 5.32 Å². The number of hydrogen-bond acceptors (Lipinski definition) is 4. The van der Waals surface area contributed by atoms with Gasteiger partial charge in [-0.15, -0.1) is 0 Å². The van der Waals surface area contributed by atoms with Crippen molar-refractivity contribution in [3.05, 3.63) is 23.8 Å². The van der Waals surface area contributed by atoms with Crippen LogP contribution in [0.1, 0.15) is 30.1 Å². The summed E-state index contributed by atoms with van der Waals surface area (Å²) in [5, 5.41) is 11.8. The van der Waals surface area contributed by atoms with Crippen molar-refractivity contribution in [2.24, 2.45) is 0 Å². The zero-order valence-corrected chi connectivity index (χ0v) is 10.6. The lowest BCUT2D eigenvalue weighted by Crippen LogP contribution is -2.37. The number of rotatable bonds is 5. The van der Waals surface area contributed by atoms with E-state index in [1.165, 1.54) is 18.2 Å². The van der Waals surface area contributed by atoms with E-state index in [0.717, 1.165) is 12.8 Å². The number of carboxylic acids is 1. The first-order valence-electron chi connectivity index (χ1n) is 6.07. The number of nitrogen functional groups attached to an aromatic ring is 1. The maximum Gasteiger partial charge on any atom is 0.339 e. The summed E-state index contributed by atoms with van der Waals surface area (Å²) >= 11 is 0. The lowest BCUT2D eigenvalue weighted by atomic mass is 10.2. The van der Waals surface area contributed by atoms with E-state index in [-0.39, 0.29) is 23.3 Å². The van der Waals surface area contributed by atoms with Gasteiger partial charge in [-0.3, -0.25) is 4.79 Å². The Kier molecular flexibility index (Phi) is 3.59. The third-order valence-electron chi connectivity index (χ3n) is 2.83. The fourth-order valence-corrected chi connectivity index (χ4v) is 1.60. The molecule has 1 atom stereocenters. The van der Waals surface area contributed by atoms with Gasteiger partial charge in [0.15, 0.2) is 6.10 Å². The van der Waals surface area contributed by atoms with E-state index in [1.807, 2.05) is 0 Å². The number of nitrogens with one attached hydrogen (secondary N) is 1. The fraction of sp³-hybridized carbons (Fsp3) is 0.385. The Morgan fingerprint density at radius 1 is 1.47 bits per heavy atom. The van der Waals surface area contributed by atoms with Crippen LogP contribution in [0, 0.1) is 0 Å². The Balaban J connectivity index is 2.10. The van der Waals surface area contributed by atoms with Gasteiger partial charge in [0.1, 0.15) is 11.3 Å². The van der Waals surface area contributed by atoms with E-state index in [0.29, 0.717) is 5.69 Å². The van der Waals surface area contributed by atoms with Crippen LogP contribution in [0.5, 0.6) is 5.75 Å². The first kappa shape index (κ1) is 13.2. The van der Waals surface area contributed by atoms with E-state index in [1.54, 1.807) is 6.92 Å². The molecule has 1 aliphatic carbocycles. The zero-order chi connectivity index (χ0) is 14.0. The molecule has 1 aromatic carbocycles. The van der Waals surface area contributed by atoms with E-state index in [4.69, 9.17) is 15.6 Å². The van der Waals surface area contributed by atoms with Crippen molar-refractivity contribution in [3.63, 3.8) is 0 Å². The molecule has 0 radical (unpaired) electrons. The minimum Gasteiger partial charge on any atom is -0.480 e. The largest absolute Gasteiger partial charge is 0.480 e. The van der Waals surface area contributed by atoms with E-state index in [9.17, 15) is 9.59 Å². The van der Waals surface area contributed by atoms with Crippen molar-refractivity contribution in [2.75, 3.05) is 5.73 Å². The second kappa shape index (κ2) is 5.17. The third kappa shape index (κ3) is 3.37. The molecule has 1 aromatic rings. The van der Waals surface area contributed by atoms with Gasteiger partial charge in [0, 0.05) is 17.8 Å². The summed E-state index contributed by atoms with van der Waals surface area (Å²) in [5.41, 5.74) is 5.97. The van der Waals surface area contributed by atoms with Crippen LogP contribution in [0.25, 0.3) is 0 Å². The molecule has 6 nitrogen and oxygen atoms in total. The average molecular weight is 264 g/mol. The first-order valence-corrected chi connectivity index (χ1v) is 6.07. The standard InChI is InChI=1S/C13H16N2O4/c1-7(12(16)15-9-3-4-9)19-11-6-8(14)2-5-10(11)13(17)18/h2,5-7,9H,3-4,14H2,1H3,(H,15,16)(H,17,18). The summed E-state index contributed by atoms with van der Waals surface area (Å²) in [6.45, 7) is 1.58. The van der Waals surface area contributed by atoms with Crippen LogP contribution in [-0.2, 0) is 4.79 Å². The molecule has 0 heterocycles. The lowest BCUT2D eigenvalue weighted by molar-refractivity contribution is -0.127. The number of hydrogen-bond donors (Lipinski definition) is 3. The van der Waals surface area contributed by atoms with Gasteiger partial charge in [-0.1, -0.05) is 0 Å². The van der Waals surface area contributed by atoms with Crippen LogP contribution < -0.4 is 15.8 Å². The minimum absolute atomic E-state index is 0.0136. The molecule has 19 heavy (non-hydrogen) atoms. The van der Waals surface area contributed by atoms with Crippen molar-refractivity contribution in [1.82, 2.24) is 5.32 Å². The van der Waals surface area contributed by atoms with Crippen molar-refractivity contribution < 1.29 is 19.4 Å². The highest BCUT2D eigenvalue weighted by Gasteiger charge is 2.27. The molecule has 2 rings (SSSR count). The van der Waals surface area contributed by atoms with Crippen molar-refractivity contribution in [1.29, 1.82) is 0 Å².